The molecule has 0 saturated heterocycles. The van der Waals surface area contributed by atoms with Gasteiger partial charge in [-0.1, -0.05) is 29.8 Å². The van der Waals surface area contributed by atoms with E-state index in [-0.39, 0.29) is 11.8 Å². The van der Waals surface area contributed by atoms with Crippen LogP contribution in [0.4, 0.5) is 5.82 Å². The number of rotatable bonds is 3. The summed E-state index contributed by atoms with van der Waals surface area (Å²) in [5.74, 6) is 1.50. The number of ether oxygens (including phenoxy) is 1. The number of carbonyl (C=O) groups is 1. The van der Waals surface area contributed by atoms with Gasteiger partial charge in [-0.25, -0.2) is 4.68 Å². The molecule has 0 saturated carbocycles. The molecule has 1 unspecified atom stereocenters. The van der Waals surface area contributed by atoms with Crippen LogP contribution in [0.2, 0.25) is 0 Å². The van der Waals surface area contributed by atoms with Gasteiger partial charge in [0.05, 0.1) is 19.0 Å². The second-order valence-electron chi connectivity index (χ2n) is 6.73. The van der Waals surface area contributed by atoms with Crippen LogP contribution in [-0.2, 0) is 4.79 Å². The van der Waals surface area contributed by atoms with Crippen LogP contribution >= 0.6 is 0 Å². The molecule has 2 heterocycles. The summed E-state index contributed by atoms with van der Waals surface area (Å²) in [5.41, 5.74) is 5.38. The number of benzene rings is 2. The Hall–Kier alpha value is -3.08. The highest BCUT2D eigenvalue weighted by Crippen LogP contribution is 2.39. The Labute approximate surface area is 152 Å². The summed E-state index contributed by atoms with van der Waals surface area (Å²) in [6, 6.07) is 14.1. The monoisotopic (exact) mass is 347 g/mol. The normalized spacial score (nSPS) is 16.1. The third kappa shape index (κ3) is 2.75. The van der Waals surface area contributed by atoms with Gasteiger partial charge in [-0.3, -0.25) is 4.79 Å². The average Bonchev–Trinajstić information content (AvgIpc) is 3.04. The Bertz CT molecular complexity index is 991. The molecule has 2 aromatic carbocycles. The average molecular weight is 347 g/mol. The molecule has 5 nitrogen and oxygen atoms in total. The number of aryl methyl sites for hydroxylation is 2. The van der Waals surface area contributed by atoms with Crippen molar-refractivity contribution in [1.82, 2.24) is 9.78 Å². The number of nitrogens with one attached hydrogen (secondary N) is 1. The maximum atomic E-state index is 12.4. The standard InChI is InChI=1S/C21H21N3O2/c1-13-7-8-19(14(2)9-13)24-21-18(12-22-24)17(11-20(25)23-21)15-5-4-6-16(10-15)26-3/h4-10,12,17H,11H2,1-3H3,(H,23,25). The summed E-state index contributed by atoms with van der Waals surface area (Å²) in [4.78, 5) is 12.4. The lowest BCUT2D eigenvalue weighted by Crippen LogP contribution is -2.24. The van der Waals surface area contributed by atoms with Gasteiger partial charge in [0.1, 0.15) is 11.6 Å². The van der Waals surface area contributed by atoms with E-state index in [0.29, 0.717) is 6.42 Å². The number of amides is 1. The molecule has 4 rings (SSSR count). The van der Waals surface area contributed by atoms with Crippen molar-refractivity contribution in [3.63, 3.8) is 0 Å². The van der Waals surface area contributed by atoms with Gasteiger partial charge in [-0.05, 0) is 43.2 Å². The molecule has 0 fully saturated rings. The number of carbonyl (C=O) groups excluding carboxylic acids is 1. The first-order valence-corrected chi connectivity index (χ1v) is 8.66. The summed E-state index contributed by atoms with van der Waals surface area (Å²) in [7, 11) is 1.65. The van der Waals surface area contributed by atoms with E-state index in [0.717, 1.165) is 33.9 Å². The van der Waals surface area contributed by atoms with E-state index in [4.69, 9.17) is 4.74 Å². The number of hydrogen-bond donors (Lipinski definition) is 1. The molecule has 1 aromatic heterocycles. The number of hydrogen-bond acceptors (Lipinski definition) is 3. The highest BCUT2D eigenvalue weighted by molar-refractivity contribution is 5.94. The second kappa shape index (κ2) is 6.33. The van der Waals surface area contributed by atoms with Crippen LogP contribution in [0.5, 0.6) is 5.75 Å². The van der Waals surface area contributed by atoms with Gasteiger partial charge in [0.25, 0.3) is 0 Å². The van der Waals surface area contributed by atoms with Crippen LogP contribution < -0.4 is 10.1 Å². The molecule has 1 aliphatic heterocycles. The maximum absolute atomic E-state index is 12.4. The van der Waals surface area contributed by atoms with E-state index in [2.05, 4.69) is 36.4 Å². The number of methoxy groups -OCH3 is 1. The Morgan fingerprint density at radius 2 is 2.04 bits per heavy atom. The van der Waals surface area contributed by atoms with E-state index < -0.39 is 0 Å². The lowest BCUT2D eigenvalue weighted by molar-refractivity contribution is -0.116. The Morgan fingerprint density at radius 1 is 1.19 bits per heavy atom. The summed E-state index contributed by atoms with van der Waals surface area (Å²) in [6.45, 7) is 4.12. The van der Waals surface area contributed by atoms with Crippen molar-refractivity contribution in [1.29, 1.82) is 0 Å². The molecule has 26 heavy (non-hydrogen) atoms. The van der Waals surface area contributed by atoms with Crippen molar-refractivity contribution < 1.29 is 9.53 Å². The van der Waals surface area contributed by atoms with Gasteiger partial charge < -0.3 is 10.1 Å². The van der Waals surface area contributed by atoms with Gasteiger partial charge in [-0.2, -0.15) is 5.10 Å². The molecule has 3 aromatic rings. The number of anilines is 1. The van der Waals surface area contributed by atoms with Crippen LogP contribution in [0, 0.1) is 13.8 Å². The molecular weight excluding hydrogens is 326 g/mol. The van der Waals surface area contributed by atoms with Crippen LogP contribution in [-0.4, -0.2) is 22.8 Å². The Balaban J connectivity index is 1.82. The van der Waals surface area contributed by atoms with Gasteiger partial charge in [0, 0.05) is 17.9 Å². The first kappa shape index (κ1) is 16.4. The summed E-state index contributed by atoms with van der Waals surface area (Å²) in [6.07, 6.45) is 2.26. The molecule has 0 spiro atoms. The molecule has 5 heteroatoms. The SMILES string of the molecule is COc1cccc(C2CC(=O)Nc3c2cnn3-c2ccc(C)cc2C)c1. The van der Waals surface area contributed by atoms with E-state index in [1.165, 1.54) is 5.56 Å². The first-order chi connectivity index (χ1) is 12.6. The molecule has 0 aliphatic carbocycles. The first-order valence-electron chi connectivity index (χ1n) is 8.66. The molecule has 0 bridgehead atoms. The Kier molecular flexibility index (Phi) is 3.99. The van der Waals surface area contributed by atoms with E-state index in [1.807, 2.05) is 41.2 Å². The molecule has 1 amide bonds. The highest BCUT2D eigenvalue weighted by atomic mass is 16.5. The minimum Gasteiger partial charge on any atom is -0.497 e. The van der Waals surface area contributed by atoms with Crippen molar-refractivity contribution in [3.8, 4) is 11.4 Å². The fourth-order valence-corrected chi connectivity index (χ4v) is 3.60. The second-order valence-corrected chi connectivity index (χ2v) is 6.73. The van der Waals surface area contributed by atoms with Gasteiger partial charge in [0.2, 0.25) is 5.91 Å². The lowest BCUT2D eigenvalue weighted by atomic mass is 9.87. The predicted octanol–water partition coefficient (Wildman–Crippen LogP) is 3.97. The number of aromatic nitrogens is 2. The largest absolute Gasteiger partial charge is 0.497 e. The third-order valence-corrected chi connectivity index (χ3v) is 4.90. The summed E-state index contributed by atoms with van der Waals surface area (Å²) in [5, 5.41) is 7.59. The Morgan fingerprint density at radius 3 is 2.81 bits per heavy atom. The summed E-state index contributed by atoms with van der Waals surface area (Å²) >= 11 is 0. The zero-order chi connectivity index (χ0) is 18.3. The van der Waals surface area contributed by atoms with Gasteiger partial charge in [0.15, 0.2) is 0 Å². The van der Waals surface area contributed by atoms with Crippen LogP contribution in [0.1, 0.15) is 34.6 Å². The third-order valence-electron chi connectivity index (χ3n) is 4.90. The highest BCUT2D eigenvalue weighted by Gasteiger charge is 2.30. The molecule has 1 atom stereocenters. The van der Waals surface area contributed by atoms with Crippen LogP contribution in [0.25, 0.3) is 5.69 Å². The van der Waals surface area contributed by atoms with Crippen LogP contribution in [0.3, 0.4) is 0 Å². The molecule has 0 radical (unpaired) electrons. The van der Waals surface area contributed by atoms with Crippen molar-refractivity contribution in [2.75, 3.05) is 12.4 Å². The number of nitrogens with zero attached hydrogens (tertiary/aromatic N) is 2. The molecule has 132 valence electrons. The van der Waals surface area contributed by atoms with Crippen LogP contribution in [0.15, 0.2) is 48.7 Å². The van der Waals surface area contributed by atoms with Crippen molar-refractivity contribution in [2.45, 2.75) is 26.2 Å². The fourth-order valence-electron chi connectivity index (χ4n) is 3.60. The fraction of sp³-hybridized carbons (Fsp3) is 0.238. The number of fused-ring (bicyclic) bond motifs is 1. The molecule has 1 N–H and O–H groups in total. The van der Waals surface area contributed by atoms with Gasteiger partial charge >= 0.3 is 0 Å². The maximum Gasteiger partial charge on any atom is 0.226 e. The van der Waals surface area contributed by atoms with E-state index >= 15 is 0 Å². The minimum atomic E-state index is -0.0339. The lowest BCUT2D eigenvalue weighted by Gasteiger charge is -2.24. The topological polar surface area (TPSA) is 56.1 Å². The van der Waals surface area contributed by atoms with Crippen molar-refractivity contribution in [3.05, 3.63) is 70.9 Å². The zero-order valence-corrected chi connectivity index (χ0v) is 15.1. The van der Waals surface area contributed by atoms with E-state index in [9.17, 15) is 4.79 Å². The quantitative estimate of drug-likeness (QED) is 0.780. The minimum absolute atomic E-state index is 0.00293. The smallest absolute Gasteiger partial charge is 0.226 e. The van der Waals surface area contributed by atoms with Gasteiger partial charge in [-0.15, -0.1) is 0 Å². The molecular formula is C21H21N3O2. The summed E-state index contributed by atoms with van der Waals surface area (Å²) < 4.78 is 7.17. The molecule has 1 aliphatic rings. The predicted molar refractivity (Wildman–Crippen MR) is 101 cm³/mol. The van der Waals surface area contributed by atoms with E-state index in [1.54, 1.807) is 7.11 Å². The van der Waals surface area contributed by atoms with Crippen molar-refractivity contribution in [2.24, 2.45) is 0 Å². The zero-order valence-electron chi connectivity index (χ0n) is 15.1. The van der Waals surface area contributed by atoms with Crippen molar-refractivity contribution >= 4 is 11.7 Å².